The third-order valence-corrected chi connectivity index (χ3v) is 5.20. The topological polar surface area (TPSA) is 75.4 Å². The second-order valence-corrected chi connectivity index (χ2v) is 7.57. The molecule has 7 heteroatoms. The lowest BCUT2D eigenvalue weighted by Crippen LogP contribution is -2.39. The SMILES string of the molecule is Cc1cc(-c2cnc(N(C)C)nc2C2CCCCN2C(=O)c2ccccc2)on1. The van der Waals surface area contributed by atoms with E-state index in [0.717, 1.165) is 36.2 Å². The van der Waals surface area contributed by atoms with Crippen molar-refractivity contribution < 1.29 is 9.32 Å². The minimum absolute atomic E-state index is 0.0278. The van der Waals surface area contributed by atoms with E-state index in [9.17, 15) is 4.79 Å². The molecule has 1 amide bonds. The first-order valence-electron chi connectivity index (χ1n) is 9.88. The Morgan fingerprint density at radius 3 is 2.69 bits per heavy atom. The molecule has 0 N–H and O–H groups in total. The number of carbonyl (C=O) groups is 1. The van der Waals surface area contributed by atoms with Gasteiger partial charge in [0.1, 0.15) is 0 Å². The summed E-state index contributed by atoms with van der Waals surface area (Å²) in [5, 5.41) is 4.02. The molecule has 0 radical (unpaired) electrons. The molecule has 1 fully saturated rings. The molecular weight excluding hydrogens is 366 g/mol. The van der Waals surface area contributed by atoms with Gasteiger partial charge in [-0.05, 0) is 38.3 Å². The molecule has 1 aliphatic rings. The highest BCUT2D eigenvalue weighted by molar-refractivity contribution is 5.94. The maximum atomic E-state index is 13.3. The zero-order valence-electron chi connectivity index (χ0n) is 17.0. The normalized spacial score (nSPS) is 16.7. The van der Waals surface area contributed by atoms with Crippen LogP contribution in [-0.2, 0) is 0 Å². The molecule has 150 valence electrons. The van der Waals surface area contributed by atoms with Crippen LogP contribution in [0.15, 0.2) is 47.1 Å². The summed E-state index contributed by atoms with van der Waals surface area (Å²) in [7, 11) is 3.82. The highest BCUT2D eigenvalue weighted by atomic mass is 16.5. The second-order valence-electron chi connectivity index (χ2n) is 7.57. The van der Waals surface area contributed by atoms with Crippen LogP contribution >= 0.6 is 0 Å². The number of carbonyl (C=O) groups excluding carboxylic acids is 1. The first kappa shape index (κ1) is 19.1. The predicted molar refractivity (Wildman–Crippen MR) is 111 cm³/mol. The first-order chi connectivity index (χ1) is 14.0. The van der Waals surface area contributed by atoms with E-state index in [2.05, 4.69) is 10.1 Å². The Balaban J connectivity index is 1.79. The van der Waals surface area contributed by atoms with Crippen LogP contribution < -0.4 is 4.90 Å². The summed E-state index contributed by atoms with van der Waals surface area (Å²) >= 11 is 0. The number of benzene rings is 1. The van der Waals surface area contributed by atoms with Crippen molar-refractivity contribution in [1.82, 2.24) is 20.0 Å². The summed E-state index contributed by atoms with van der Waals surface area (Å²) in [5.74, 6) is 1.26. The number of nitrogens with zero attached hydrogens (tertiary/aromatic N) is 5. The smallest absolute Gasteiger partial charge is 0.254 e. The standard InChI is InChI=1S/C22H25N5O2/c1-15-13-19(29-25-15)17-14-23-22(26(2)3)24-20(17)18-11-7-8-12-27(18)21(28)16-9-5-4-6-10-16/h4-6,9-10,13-14,18H,7-8,11-12H2,1-3H3. The number of likely N-dealkylation sites (tertiary alicyclic amines) is 1. The van der Waals surface area contributed by atoms with Gasteiger partial charge in [0.05, 0.1) is 23.0 Å². The maximum Gasteiger partial charge on any atom is 0.254 e. The lowest BCUT2D eigenvalue weighted by atomic mass is 9.94. The molecule has 3 aromatic rings. The lowest BCUT2D eigenvalue weighted by Gasteiger charge is -2.36. The molecule has 0 bridgehead atoms. The molecule has 1 atom stereocenters. The van der Waals surface area contributed by atoms with Crippen LogP contribution in [0, 0.1) is 6.92 Å². The van der Waals surface area contributed by atoms with Gasteiger partial charge in [0, 0.05) is 38.5 Å². The molecule has 1 aliphatic heterocycles. The van der Waals surface area contributed by atoms with E-state index in [1.807, 2.05) is 67.2 Å². The summed E-state index contributed by atoms with van der Waals surface area (Å²) in [4.78, 5) is 26.4. The Bertz CT molecular complexity index is 999. The highest BCUT2D eigenvalue weighted by Gasteiger charge is 2.32. The van der Waals surface area contributed by atoms with Crippen LogP contribution in [0.1, 0.15) is 47.1 Å². The van der Waals surface area contributed by atoms with Gasteiger partial charge >= 0.3 is 0 Å². The Morgan fingerprint density at radius 1 is 1.21 bits per heavy atom. The molecule has 4 rings (SSSR count). The molecular formula is C22H25N5O2. The number of aromatic nitrogens is 3. The van der Waals surface area contributed by atoms with Crippen LogP contribution in [0.25, 0.3) is 11.3 Å². The third-order valence-electron chi connectivity index (χ3n) is 5.20. The van der Waals surface area contributed by atoms with Crippen LogP contribution in [-0.4, -0.2) is 46.6 Å². The highest BCUT2D eigenvalue weighted by Crippen LogP contribution is 2.37. The molecule has 1 unspecified atom stereocenters. The van der Waals surface area contributed by atoms with Crippen LogP contribution in [0.5, 0.6) is 0 Å². The largest absolute Gasteiger partial charge is 0.356 e. The minimum Gasteiger partial charge on any atom is -0.356 e. The Labute approximate surface area is 170 Å². The molecule has 0 saturated carbocycles. The molecule has 1 saturated heterocycles. The molecule has 29 heavy (non-hydrogen) atoms. The number of aryl methyl sites for hydroxylation is 1. The van der Waals surface area contributed by atoms with Crippen molar-refractivity contribution in [3.63, 3.8) is 0 Å². The van der Waals surface area contributed by atoms with Crippen LogP contribution in [0.2, 0.25) is 0 Å². The summed E-state index contributed by atoms with van der Waals surface area (Å²) in [6.45, 7) is 2.59. The van der Waals surface area contributed by atoms with Gasteiger partial charge in [-0.25, -0.2) is 9.97 Å². The van der Waals surface area contributed by atoms with Gasteiger partial charge in [0.2, 0.25) is 5.95 Å². The number of amides is 1. The number of rotatable bonds is 4. The molecule has 0 aliphatic carbocycles. The summed E-state index contributed by atoms with van der Waals surface area (Å²) < 4.78 is 5.52. The Morgan fingerprint density at radius 2 is 2.00 bits per heavy atom. The van der Waals surface area contributed by atoms with Crippen molar-refractivity contribution in [3.05, 3.63) is 59.5 Å². The van der Waals surface area contributed by atoms with E-state index in [0.29, 0.717) is 23.8 Å². The van der Waals surface area contributed by atoms with E-state index in [1.165, 1.54) is 0 Å². The van der Waals surface area contributed by atoms with Crippen molar-refractivity contribution in [2.24, 2.45) is 0 Å². The molecule has 0 spiro atoms. The van der Waals surface area contributed by atoms with Crippen molar-refractivity contribution >= 4 is 11.9 Å². The second kappa shape index (κ2) is 8.03. The summed E-state index contributed by atoms with van der Waals surface area (Å²) in [6.07, 6.45) is 4.65. The molecule has 2 aromatic heterocycles. The van der Waals surface area contributed by atoms with Crippen LogP contribution in [0.4, 0.5) is 5.95 Å². The van der Waals surface area contributed by atoms with Crippen molar-refractivity contribution in [3.8, 4) is 11.3 Å². The van der Waals surface area contributed by atoms with Crippen molar-refractivity contribution in [2.75, 3.05) is 25.5 Å². The van der Waals surface area contributed by atoms with Gasteiger partial charge < -0.3 is 14.3 Å². The van der Waals surface area contributed by atoms with E-state index in [-0.39, 0.29) is 11.9 Å². The molecule has 7 nitrogen and oxygen atoms in total. The van der Waals surface area contributed by atoms with E-state index in [1.54, 1.807) is 6.20 Å². The van der Waals surface area contributed by atoms with Crippen molar-refractivity contribution in [1.29, 1.82) is 0 Å². The molecule has 3 heterocycles. The van der Waals surface area contributed by atoms with Gasteiger partial charge in [-0.2, -0.15) is 0 Å². The average molecular weight is 391 g/mol. The lowest BCUT2D eigenvalue weighted by molar-refractivity contribution is 0.0606. The van der Waals surface area contributed by atoms with E-state index < -0.39 is 0 Å². The number of anilines is 1. The number of hydrogen-bond donors (Lipinski definition) is 0. The number of hydrogen-bond acceptors (Lipinski definition) is 6. The summed E-state index contributed by atoms with van der Waals surface area (Å²) in [6, 6.07) is 11.2. The fourth-order valence-electron chi connectivity index (χ4n) is 3.74. The van der Waals surface area contributed by atoms with Gasteiger partial charge in [-0.3, -0.25) is 4.79 Å². The zero-order chi connectivity index (χ0) is 20.4. The predicted octanol–water partition coefficient (Wildman–Crippen LogP) is 3.87. The first-order valence-corrected chi connectivity index (χ1v) is 9.88. The maximum absolute atomic E-state index is 13.3. The van der Waals surface area contributed by atoms with Crippen LogP contribution in [0.3, 0.4) is 0 Å². The van der Waals surface area contributed by atoms with E-state index >= 15 is 0 Å². The fourth-order valence-corrected chi connectivity index (χ4v) is 3.74. The van der Waals surface area contributed by atoms with Gasteiger partial charge in [-0.1, -0.05) is 23.4 Å². The zero-order valence-corrected chi connectivity index (χ0v) is 17.0. The third kappa shape index (κ3) is 3.85. The minimum atomic E-state index is -0.140. The molecule has 1 aromatic carbocycles. The quantitative estimate of drug-likeness (QED) is 0.672. The average Bonchev–Trinajstić information content (AvgIpc) is 3.19. The van der Waals surface area contributed by atoms with E-state index in [4.69, 9.17) is 9.51 Å². The Hall–Kier alpha value is -3.22. The number of piperidine rings is 1. The van der Waals surface area contributed by atoms with Crippen molar-refractivity contribution in [2.45, 2.75) is 32.2 Å². The monoisotopic (exact) mass is 391 g/mol. The van der Waals surface area contributed by atoms with Gasteiger partial charge in [-0.15, -0.1) is 0 Å². The Kier molecular flexibility index (Phi) is 5.29. The van der Waals surface area contributed by atoms with Gasteiger partial charge in [0.25, 0.3) is 5.91 Å². The fraction of sp³-hybridized carbons (Fsp3) is 0.364. The summed E-state index contributed by atoms with van der Waals surface area (Å²) in [5.41, 5.74) is 3.08. The van der Waals surface area contributed by atoms with Gasteiger partial charge in [0.15, 0.2) is 5.76 Å².